The molecule has 0 radical (unpaired) electrons. The van der Waals surface area contributed by atoms with Crippen LogP contribution in [-0.4, -0.2) is 7.11 Å². The van der Waals surface area contributed by atoms with Gasteiger partial charge >= 0.3 is 0 Å². The molecule has 0 unspecified atom stereocenters. The summed E-state index contributed by atoms with van der Waals surface area (Å²) < 4.78 is 5.34. The highest BCUT2D eigenvalue weighted by Gasteiger charge is 2.04. The Labute approximate surface area is 112 Å². The SMILES string of the molecule is COc1ccccc1Sc1ccc([C@@H](C)N)cc1. The molecule has 2 aromatic rings. The first-order chi connectivity index (χ1) is 8.70. The number of hydrogen-bond acceptors (Lipinski definition) is 3. The maximum atomic E-state index is 5.84. The highest BCUT2D eigenvalue weighted by Crippen LogP contribution is 2.34. The molecular formula is C15H17NOS. The molecule has 0 saturated carbocycles. The third-order valence-electron chi connectivity index (χ3n) is 2.70. The van der Waals surface area contributed by atoms with Crippen LogP contribution in [0.15, 0.2) is 58.3 Å². The molecule has 18 heavy (non-hydrogen) atoms. The Bertz CT molecular complexity index is 508. The minimum Gasteiger partial charge on any atom is -0.496 e. The van der Waals surface area contributed by atoms with E-state index in [-0.39, 0.29) is 6.04 Å². The summed E-state index contributed by atoms with van der Waals surface area (Å²) in [5, 5.41) is 0. The number of hydrogen-bond donors (Lipinski definition) is 1. The summed E-state index contributed by atoms with van der Waals surface area (Å²) in [6.45, 7) is 1.99. The molecule has 0 aliphatic heterocycles. The Balaban J connectivity index is 2.18. The van der Waals surface area contributed by atoms with Gasteiger partial charge in [0.25, 0.3) is 0 Å². The van der Waals surface area contributed by atoms with E-state index in [4.69, 9.17) is 10.5 Å². The number of para-hydroxylation sites is 1. The van der Waals surface area contributed by atoms with Crippen molar-refractivity contribution in [3.63, 3.8) is 0 Å². The van der Waals surface area contributed by atoms with Crippen molar-refractivity contribution in [3.05, 3.63) is 54.1 Å². The predicted octanol–water partition coefficient (Wildman–Crippen LogP) is 3.87. The van der Waals surface area contributed by atoms with Crippen molar-refractivity contribution in [3.8, 4) is 5.75 Å². The number of ether oxygens (including phenoxy) is 1. The molecule has 2 N–H and O–H groups in total. The van der Waals surface area contributed by atoms with Crippen molar-refractivity contribution >= 4 is 11.8 Å². The molecule has 0 amide bonds. The molecule has 0 spiro atoms. The van der Waals surface area contributed by atoms with Crippen LogP contribution < -0.4 is 10.5 Å². The quantitative estimate of drug-likeness (QED) is 0.905. The van der Waals surface area contributed by atoms with Gasteiger partial charge in [-0.15, -0.1) is 0 Å². The standard InChI is InChI=1S/C15H17NOS/c1-11(16)12-7-9-13(10-8-12)18-15-6-4-3-5-14(15)17-2/h3-11H,16H2,1-2H3/t11-/m1/s1. The lowest BCUT2D eigenvalue weighted by Crippen LogP contribution is -2.04. The van der Waals surface area contributed by atoms with Gasteiger partial charge < -0.3 is 10.5 Å². The second kappa shape index (κ2) is 5.94. The van der Waals surface area contributed by atoms with Crippen molar-refractivity contribution in [2.45, 2.75) is 22.8 Å². The fraction of sp³-hybridized carbons (Fsp3) is 0.200. The van der Waals surface area contributed by atoms with Gasteiger partial charge in [0, 0.05) is 10.9 Å². The average Bonchev–Trinajstić information content (AvgIpc) is 2.40. The molecule has 94 valence electrons. The first-order valence-corrected chi connectivity index (χ1v) is 6.69. The van der Waals surface area contributed by atoms with Crippen molar-refractivity contribution in [2.75, 3.05) is 7.11 Å². The molecular weight excluding hydrogens is 242 g/mol. The van der Waals surface area contributed by atoms with E-state index >= 15 is 0 Å². The van der Waals surface area contributed by atoms with Crippen LogP contribution in [0.4, 0.5) is 0 Å². The number of nitrogens with two attached hydrogens (primary N) is 1. The fourth-order valence-corrected chi connectivity index (χ4v) is 2.59. The highest BCUT2D eigenvalue weighted by atomic mass is 32.2. The van der Waals surface area contributed by atoms with Crippen LogP contribution in [0.1, 0.15) is 18.5 Å². The zero-order valence-corrected chi connectivity index (χ0v) is 11.4. The lowest BCUT2D eigenvalue weighted by Gasteiger charge is -2.09. The monoisotopic (exact) mass is 259 g/mol. The lowest BCUT2D eigenvalue weighted by atomic mass is 10.1. The molecule has 2 nitrogen and oxygen atoms in total. The maximum absolute atomic E-state index is 5.84. The summed E-state index contributed by atoms with van der Waals surface area (Å²) in [7, 11) is 1.69. The van der Waals surface area contributed by atoms with Crippen LogP contribution in [0.3, 0.4) is 0 Å². The minimum absolute atomic E-state index is 0.0790. The van der Waals surface area contributed by atoms with Gasteiger partial charge in [-0.1, -0.05) is 36.0 Å². The Morgan fingerprint density at radius 2 is 1.72 bits per heavy atom. The molecule has 0 saturated heterocycles. The van der Waals surface area contributed by atoms with Gasteiger partial charge in [-0.2, -0.15) is 0 Å². The van der Waals surface area contributed by atoms with E-state index in [0.29, 0.717) is 0 Å². The van der Waals surface area contributed by atoms with Gasteiger partial charge in [0.05, 0.1) is 12.0 Å². The van der Waals surface area contributed by atoms with Gasteiger partial charge in [0.15, 0.2) is 0 Å². The molecule has 0 fully saturated rings. The molecule has 0 bridgehead atoms. The fourth-order valence-electron chi connectivity index (χ4n) is 1.67. The predicted molar refractivity (Wildman–Crippen MR) is 76.2 cm³/mol. The number of rotatable bonds is 4. The summed E-state index contributed by atoms with van der Waals surface area (Å²) in [6.07, 6.45) is 0. The van der Waals surface area contributed by atoms with Crippen LogP contribution in [0.5, 0.6) is 5.75 Å². The molecule has 1 atom stereocenters. The van der Waals surface area contributed by atoms with Crippen molar-refractivity contribution < 1.29 is 4.74 Å². The van der Waals surface area contributed by atoms with E-state index in [1.165, 1.54) is 4.90 Å². The van der Waals surface area contributed by atoms with E-state index in [9.17, 15) is 0 Å². The first-order valence-electron chi connectivity index (χ1n) is 5.87. The normalized spacial score (nSPS) is 12.2. The third-order valence-corrected chi connectivity index (χ3v) is 3.77. The second-order valence-electron chi connectivity index (χ2n) is 4.11. The van der Waals surface area contributed by atoms with E-state index in [0.717, 1.165) is 16.2 Å². The smallest absolute Gasteiger partial charge is 0.132 e. The Kier molecular flexibility index (Phi) is 4.28. The van der Waals surface area contributed by atoms with Crippen LogP contribution >= 0.6 is 11.8 Å². The molecule has 0 aliphatic rings. The van der Waals surface area contributed by atoms with Crippen LogP contribution in [0, 0.1) is 0 Å². The van der Waals surface area contributed by atoms with E-state index in [1.54, 1.807) is 18.9 Å². The summed E-state index contributed by atoms with van der Waals surface area (Å²) in [5.41, 5.74) is 6.99. The zero-order chi connectivity index (χ0) is 13.0. The first kappa shape index (κ1) is 13.0. The Hall–Kier alpha value is -1.45. The lowest BCUT2D eigenvalue weighted by molar-refractivity contribution is 0.405. The van der Waals surface area contributed by atoms with Gasteiger partial charge in [0.1, 0.15) is 5.75 Å². The molecule has 3 heteroatoms. The van der Waals surface area contributed by atoms with Gasteiger partial charge in [-0.05, 0) is 36.8 Å². The van der Waals surface area contributed by atoms with Crippen LogP contribution in [0.25, 0.3) is 0 Å². The van der Waals surface area contributed by atoms with Crippen molar-refractivity contribution in [1.82, 2.24) is 0 Å². The summed E-state index contributed by atoms with van der Waals surface area (Å²) in [5.74, 6) is 0.902. The number of methoxy groups -OCH3 is 1. The second-order valence-corrected chi connectivity index (χ2v) is 5.23. The molecule has 0 heterocycles. The third kappa shape index (κ3) is 3.06. The van der Waals surface area contributed by atoms with Gasteiger partial charge in [-0.25, -0.2) is 0 Å². The molecule has 0 aromatic heterocycles. The molecule has 2 aromatic carbocycles. The van der Waals surface area contributed by atoms with Gasteiger partial charge in [0.2, 0.25) is 0 Å². The highest BCUT2D eigenvalue weighted by molar-refractivity contribution is 7.99. The van der Waals surface area contributed by atoms with Crippen LogP contribution in [-0.2, 0) is 0 Å². The summed E-state index contributed by atoms with van der Waals surface area (Å²) in [4.78, 5) is 2.30. The van der Waals surface area contributed by atoms with E-state index in [2.05, 4.69) is 30.3 Å². The summed E-state index contributed by atoms with van der Waals surface area (Å²) >= 11 is 1.69. The molecule has 0 aliphatic carbocycles. The average molecular weight is 259 g/mol. The largest absolute Gasteiger partial charge is 0.496 e. The van der Waals surface area contributed by atoms with Crippen molar-refractivity contribution in [1.29, 1.82) is 0 Å². The Morgan fingerprint density at radius 3 is 2.33 bits per heavy atom. The van der Waals surface area contributed by atoms with Crippen molar-refractivity contribution in [2.24, 2.45) is 5.73 Å². The maximum Gasteiger partial charge on any atom is 0.132 e. The van der Waals surface area contributed by atoms with Crippen LogP contribution in [0.2, 0.25) is 0 Å². The number of benzene rings is 2. The molecule has 2 rings (SSSR count). The van der Waals surface area contributed by atoms with E-state index < -0.39 is 0 Å². The minimum atomic E-state index is 0.0790. The Morgan fingerprint density at radius 1 is 1.06 bits per heavy atom. The summed E-state index contributed by atoms with van der Waals surface area (Å²) in [6, 6.07) is 16.4. The van der Waals surface area contributed by atoms with Gasteiger partial charge in [-0.3, -0.25) is 0 Å². The topological polar surface area (TPSA) is 35.2 Å². The van der Waals surface area contributed by atoms with E-state index in [1.807, 2.05) is 25.1 Å². The zero-order valence-electron chi connectivity index (χ0n) is 10.6.